The van der Waals surface area contributed by atoms with Crippen LogP contribution in [-0.2, 0) is 7.05 Å². The third kappa shape index (κ3) is 2.03. The molecule has 1 saturated heterocycles. The molecule has 1 amide bonds. The van der Waals surface area contributed by atoms with Gasteiger partial charge in [0, 0.05) is 31.7 Å². The summed E-state index contributed by atoms with van der Waals surface area (Å²) in [6, 6.07) is 2.02. The van der Waals surface area contributed by atoms with Crippen LogP contribution in [0.4, 0.5) is 0 Å². The van der Waals surface area contributed by atoms with Crippen molar-refractivity contribution in [3.8, 4) is 0 Å². The Morgan fingerprint density at radius 2 is 2.00 bits per heavy atom. The quantitative estimate of drug-likeness (QED) is 0.851. The van der Waals surface area contributed by atoms with Gasteiger partial charge in [-0.15, -0.1) is 0 Å². The summed E-state index contributed by atoms with van der Waals surface area (Å²) in [5.74, 6) is 0.688. The summed E-state index contributed by atoms with van der Waals surface area (Å²) >= 11 is 0. The van der Waals surface area contributed by atoms with Crippen LogP contribution in [0.5, 0.6) is 0 Å². The molecule has 4 rings (SSSR count). The molecule has 1 aliphatic carbocycles. The average molecular weight is 284 g/mol. The van der Waals surface area contributed by atoms with Gasteiger partial charge in [-0.25, -0.2) is 4.98 Å². The second-order valence-corrected chi connectivity index (χ2v) is 6.28. The van der Waals surface area contributed by atoms with Crippen molar-refractivity contribution in [1.29, 1.82) is 0 Å². The minimum absolute atomic E-state index is 0.151. The van der Waals surface area contributed by atoms with Crippen molar-refractivity contribution in [2.45, 2.75) is 38.5 Å². The number of carbonyl (C=O) groups is 1. The molecule has 2 aliphatic rings. The van der Waals surface area contributed by atoms with E-state index < -0.39 is 0 Å². The maximum Gasteiger partial charge on any atom is 0.254 e. The van der Waals surface area contributed by atoms with Crippen molar-refractivity contribution >= 4 is 16.9 Å². The maximum atomic E-state index is 12.9. The van der Waals surface area contributed by atoms with E-state index >= 15 is 0 Å². The Labute approximate surface area is 123 Å². The molecule has 2 fully saturated rings. The number of aryl methyl sites for hydroxylation is 2. The molecule has 5 heteroatoms. The van der Waals surface area contributed by atoms with Crippen LogP contribution < -0.4 is 0 Å². The molecule has 2 aromatic rings. The first-order valence-corrected chi connectivity index (χ1v) is 7.78. The van der Waals surface area contributed by atoms with Crippen LogP contribution >= 0.6 is 0 Å². The van der Waals surface area contributed by atoms with Crippen molar-refractivity contribution in [2.75, 3.05) is 13.1 Å². The molecule has 5 nitrogen and oxygen atoms in total. The van der Waals surface area contributed by atoms with E-state index in [4.69, 9.17) is 4.98 Å². The summed E-state index contributed by atoms with van der Waals surface area (Å²) in [6.07, 6.45) is 4.60. The molecule has 0 atom stereocenters. The van der Waals surface area contributed by atoms with Crippen molar-refractivity contribution in [2.24, 2.45) is 7.05 Å². The first kappa shape index (κ1) is 12.8. The zero-order valence-electron chi connectivity index (χ0n) is 12.6. The van der Waals surface area contributed by atoms with Gasteiger partial charge in [-0.3, -0.25) is 9.48 Å². The molecule has 110 valence electrons. The van der Waals surface area contributed by atoms with E-state index in [2.05, 4.69) is 5.10 Å². The second kappa shape index (κ2) is 4.55. The highest BCUT2D eigenvalue weighted by Crippen LogP contribution is 2.40. The van der Waals surface area contributed by atoms with E-state index in [1.807, 2.05) is 24.9 Å². The van der Waals surface area contributed by atoms with E-state index in [0.29, 0.717) is 5.92 Å². The lowest BCUT2D eigenvalue weighted by Crippen LogP contribution is -2.28. The Morgan fingerprint density at radius 1 is 1.29 bits per heavy atom. The number of rotatable bonds is 2. The van der Waals surface area contributed by atoms with Gasteiger partial charge < -0.3 is 4.90 Å². The largest absolute Gasteiger partial charge is 0.339 e. The number of fused-ring (bicyclic) bond motifs is 1. The van der Waals surface area contributed by atoms with Crippen LogP contribution in [0.3, 0.4) is 0 Å². The van der Waals surface area contributed by atoms with Crippen LogP contribution in [0.1, 0.15) is 53.3 Å². The number of amides is 1. The Bertz CT molecular complexity index is 723. The lowest BCUT2D eigenvalue weighted by Gasteiger charge is -2.16. The number of likely N-dealkylation sites (tertiary alicyclic amines) is 1. The van der Waals surface area contributed by atoms with Gasteiger partial charge in [0.05, 0.1) is 16.6 Å². The van der Waals surface area contributed by atoms with Crippen LogP contribution in [0.25, 0.3) is 11.0 Å². The van der Waals surface area contributed by atoms with Crippen molar-refractivity contribution < 1.29 is 4.79 Å². The fourth-order valence-corrected chi connectivity index (χ4v) is 3.31. The van der Waals surface area contributed by atoms with E-state index in [-0.39, 0.29) is 5.91 Å². The highest BCUT2D eigenvalue weighted by molar-refractivity contribution is 6.06. The number of nitrogens with zero attached hydrogens (tertiary/aromatic N) is 4. The molecule has 3 heterocycles. The molecular formula is C16H20N4O. The monoisotopic (exact) mass is 284 g/mol. The average Bonchev–Trinajstić information content (AvgIpc) is 3.11. The Kier molecular flexibility index (Phi) is 2.77. The van der Waals surface area contributed by atoms with Crippen molar-refractivity contribution in [1.82, 2.24) is 19.7 Å². The molecule has 0 unspecified atom stereocenters. The Hall–Kier alpha value is -1.91. The van der Waals surface area contributed by atoms with Gasteiger partial charge in [-0.2, -0.15) is 5.10 Å². The normalized spacial score (nSPS) is 18.7. The number of hydrogen-bond donors (Lipinski definition) is 0. The third-order valence-corrected chi connectivity index (χ3v) is 4.61. The molecule has 0 aromatic carbocycles. The Morgan fingerprint density at radius 3 is 2.67 bits per heavy atom. The predicted octanol–water partition coefficient (Wildman–Crippen LogP) is 2.39. The van der Waals surface area contributed by atoms with Crippen LogP contribution in [0.2, 0.25) is 0 Å². The summed E-state index contributed by atoms with van der Waals surface area (Å²) in [5.41, 5.74) is 3.60. The SMILES string of the molecule is Cc1nn(C)c2nc(C3CC3)cc(C(=O)N3CCCC3)c12. The van der Waals surface area contributed by atoms with E-state index in [1.54, 1.807) is 4.68 Å². The fourth-order valence-electron chi connectivity index (χ4n) is 3.31. The molecule has 1 saturated carbocycles. The molecule has 0 spiro atoms. The molecule has 2 aromatic heterocycles. The van der Waals surface area contributed by atoms with E-state index in [9.17, 15) is 4.79 Å². The molecule has 1 aliphatic heterocycles. The zero-order valence-corrected chi connectivity index (χ0v) is 12.6. The number of pyridine rings is 1. The van der Waals surface area contributed by atoms with Gasteiger partial charge in [0.25, 0.3) is 5.91 Å². The summed E-state index contributed by atoms with van der Waals surface area (Å²) in [4.78, 5) is 19.6. The fraction of sp³-hybridized carbons (Fsp3) is 0.562. The van der Waals surface area contributed by atoms with Gasteiger partial charge in [0.2, 0.25) is 0 Å². The van der Waals surface area contributed by atoms with Gasteiger partial charge in [0.1, 0.15) is 0 Å². The van der Waals surface area contributed by atoms with Gasteiger partial charge in [-0.05, 0) is 38.7 Å². The Balaban J connectivity index is 1.90. The number of aromatic nitrogens is 3. The van der Waals surface area contributed by atoms with Gasteiger partial charge >= 0.3 is 0 Å². The third-order valence-electron chi connectivity index (χ3n) is 4.61. The second-order valence-electron chi connectivity index (χ2n) is 6.28. The molecular weight excluding hydrogens is 264 g/mol. The van der Waals surface area contributed by atoms with E-state index in [0.717, 1.165) is 53.9 Å². The lowest BCUT2D eigenvalue weighted by molar-refractivity contribution is 0.0794. The smallest absolute Gasteiger partial charge is 0.254 e. The molecule has 21 heavy (non-hydrogen) atoms. The lowest BCUT2D eigenvalue weighted by atomic mass is 10.1. The summed E-state index contributed by atoms with van der Waals surface area (Å²) < 4.78 is 1.80. The van der Waals surface area contributed by atoms with Crippen molar-refractivity contribution in [3.63, 3.8) is 0 Å². The van der Waals surface area contributed by atoms with E-state index in [1.165, 1.54) is 12.8 Å². The summed E-state index contributed by atoms with van der Waals surface area (Å²) in [5, 5.41) is 5.39. The number of hydrogen-bond acceptors (Lipinski definition) is 3. The zero-order chi connectivity index (χ0) is 14.6. The minimum Gasteiger partial charge on any atom is -0.339 e. The topological polar surface area (TPSA) is 51.0 Å². The van der Waals surface area contributed by atoms with Gasteiger partial charge in [0.15, 0.2) is 5.65 Å². The first-order valence-electron chi connectivity index (χ1n) is 7.78. The van der Waals surface area contributed by atoms with Gasteiger partial charge in [-0.1, -0.05) is 0 Å². The first-order chi connectivity index (χ1) is 10.1. The standard InChI is InChI=1S/C16H20N4O/c1-10-14-12(16(21)20-7-3-4-8-20)9-13(11-5-6-11)17-15(14)19(2)18-10/h9,11H,3-8H2,1-2H3. The highest BCUT2D eigenvalue weighted by Gasteiger charge is 2.30. The van der Waals surface area contributed by atoms with Crippen LogP contribution in [0.15, 0.2) is 6.07 Å². The minimum atomic E-state index is 0.151. The van der Waals surface area contributed by atoms with Crippen LogP contribution in [0, 0.1) is 6.92 Å². The maximum absolute atomic E-state index is 12.9. The predicted molar refractivity (Wildman–Crippen MR) is 80.4 cm³/mol. The molecule has 0 radical (unpaired) electrons. The summed E-state index contributed by atoms with van der Waals surface area (Å²) in [6.45, 7) is 3.71. The number of carbonyl (C=O) groups excluding carboxylic acids is 1. The van der Waals surface area contributed by atoms with Crippen LogP contribution in [-0.4, -0.2) is 38.7 Å². The highest BCUT2D eigenvalue weighted by atomic mass is 16.2. The molecule has 0 N–H and O–H groups in total. The summed E-state index contributed by atoms with van der Waals surface area (Å²) in [7, 11) is 1.91. The molecule has 0 bridgehead atoms. The van der Waals surface area contributed by atoms with Crippen molar-refractivity contribution in [3.05, 3.63) is 23.0 Å².